The van der Waals surface area contributed by atoms with Crippen LogP contribution in [0.1, 0.15) is 31.0 Å². The van der Waals surface area contributed by atoms with E-state index in [1.165, 1.54) is 6.07 Å². The van der Waals surface area contributed by atoms with Crippen LogP contribution in [0.4, 0.5) is 10.1 Å². The van der Waals surface area contributed by atoms with Crippen molar-refractivity contribution in [3.8, 4) is 0 Å². The number of anilines is 1. The molecule has 0 aliphatic carbocycles. The van der Waals surface area contributed by atoms with E-state index in [1.807, 2.05) is 31.2 Å². The van der Waals surface area contributed by atoms with Gasteiger partial charge in [-0.1, -0.05) is 35.9 Å². The molecule has 2 aromatic carbocycles. The van der Waals surface area contributed by atoms with Gasteiger partial charge in [0.05, 0.1) is 6.04 Å². The predicted molar refractivity (Wildman–Crippen MR) is 92.2 cm³/mol. The van der Waals surface area contributed by atoms with E-state index in [1.54, 1.807) is 26.0 Å². The second-order valence-corrected chi connectivity index (χ2v) is 5.99. The lowest BCUT2D eigenvalue weighted by molar-refractivity contribution is -0.117. The summed E-state index contributed by atoms with van der Waals surface area (Å²) in [6, 6.07) is 11.6. The molecule has 3 nitrogen and oxygen atoms in total. The van der Waals surface area contributed by atoms with Gasteiger partial charge in [0.15, 0.2) is 0 Å². The van der Waals surface area contributed by atoms with Crippen LogP contribution in [-0.4, -0.2) is 11.9 Å². The Kier molecular flexibility index (Phi) is 5.74. The first-order valence-corrected chi connectivity index (χ1v) is 7.83. The molecule has 2 unspecified atom stereocenters. The van der Waals surface area contributed by atoms with Crippen molar-refractivity contribution in [3.63, 3.8) is 0 Å². The van der Waals surface area contributed by atoms with Crippen LogP contribution in [0.2, 0.25) is 5.02 Å². The lowest BCUT2D eigenvalue weighted by Gasteiger charge is -2.21. The van der Waals surface area contributed by atoms with Gasteiger partial charge in [0, 0.05) is 16.8 Å². The standard InChI is InChI=1S/C18H20ClFN2O/c1-11-8-9-14(10-17(11)20)22-18(23)13(3)21-12(2)15-6-4-5-7-16(15)19/h4-10,12-13,21H,1-3H3,(H,22,23). The minimum atomic E-state index is -0.453. The second-order valence-electron chi connectivity index (χ2n) is 5.58. The largest absolute Gasteiger partial charge is 0.325 e. The number of halogens is 2. The maximum Gasteiger partial charge on any atom is 0.241 e. The van der Waals surface area contributed by atoms with Crippen LogP contribution in [0.25, 0.3) is 0 Å². The van der Waals surface area contributed by atoms with Crippen molar-refractivity contribution in [2.45, 2.75) is 32.9 Å². The van der Waals surface area contributed by atoms with E-state index < -0.39 is 6.04 Å². The van der Waals surface area contributed by atoms with E-state index in [4.69, 9.17) is 11.6 Å². The van der Waals surface area contributed by atoms with Crippen LogP contribution in [0.5, 0.6) is 0 Å². The lowest BCUT2D eigenvalue weighted by atomic mass is 10.1. The lowest BCUT2D eigenvalue weighted by Crippen LogP contribution is -2.39. The zero-order valence-electron chi connectivity index (χ0n) is 13.4. The fourth-order valence-corrected chi connectivity index (χ4v) is 2.59. The third kappa shape index (κ3) is 4.53. The summed E-state index contributed by atoms with van der Waals surface area (Å²) in [4.78, 5) is 12.2. The topological polar surface area (TPSA) is 41.1 Å². The van der Waals surface area contributed by atoms with Gasteiger partial charge in [0.25, 0.3) is 0 Å². The molecule has 0 saturated carbocycles. The van der Waals surface area contributed by atoms with Gasteiger partial charge in [-0.2, -0.15) is 0 Å². The molecule has 2 aromatic rings. The molecule has 0 saturated heterocycles. The van der Waals surface area contributed by atoms with Crippen molar-refractivity contribution in [1.82, 2.24) is 5.32 Å². The van der Waals surface area contributed by atoms with Gasteiger partial charge in [-0.25, -0.2) is 4.39 Å². The number of rotatable bonds is 5. The minimum Gasteiger partial charge on any atom is -0.325 e. The summed E-state index contributed by atoms with van der Waals surface area (Å²) in [5.74, 6) is -0.569. The fraction of sp³-hybridized carbons (Fsp3) is 0.278. The summed E-state index contributed by atoms with van der Waals surface area (Å²) in [6.07, 6.45) is 0. The number of carbonyl (C=O) groups is 1. The average Bonchev–Trinajstić information content (AvgIpc) is 2.51. The monoisotopic (exact) mass is 334 g/mol. The Labute approximate surface area is 140 Å². The third-order valence-electron chi connectivity index (χ3n) is 3.70. The van der Waals surface area contributed by atoms with Crippen LogP contribution in [-0.2, 0) is 4.79 Å². The van der Waals surface area contributed by atoms with Crippen molar-refractivity contribution in [2.75, 3.05) is 5.32 Å². The first-order chi connectivity index (χ1) is 10.9. The summed E-state index contributed by atoms with van der Waals surface area (Å²) < 4.78 is 13.5. The van der Waals surface area contributed by atoms with Crippen molar-refractivity contribution in [2.24, 2.45) is 0 Å². The van der Waals surface area contributed by atoms with Crippen LogP contribution in [0.15, 0.2) is 42.5 Å². The molecule has 0 aliphatic rings. The quantitative estimate of drug-likeness (QED) is 0.847. The van der Waals surface area contributed by atoms with Gasteiger partial charge in [-0.05, 0) is 50.1 Å². The Morgan fingerprint density at radius 3 is 2.52 bits per heavy atom. The van der Waals surface area contributed by atoms with Gasteiger partial charge in [0.2, 0.25) is 5.91 Å². The number of benzene rings is 2. The molecule has 0 aromatic heterocycles. The van der Waals surface area contributed by atoms with Crippen molar-refractivity contribution in [1.29, 1.82) is 0 Å². The fourth-order valence-electron chi connectivity index (χ4n) is 2.29. The average molecular weight is 335 g/mol. The van der Waals surface area contributed by atoms with Crippen LogP contribution in [0, 0.1) is 12.7 Å². The van der Waals surface area contributed by atoms with Gasteiger partial charge in [0.1, 0.15) is 5.82 Å². The highest BCUT2D eigenvalue weighted by atomic mass is 35.5. The van der Waals surface area contributed by atoms with Gasteiger partial charge < -0.3 is 5.32 Å². The highest BCUT2D eigenvalue weighted by Gasteiger charge is 2.18. The Morgan fingerprint density at radius 1 is 1.17 bits per heavy atom. The van der Waals surface area contributed by atoms with E-state index in [0.717, 1.165) is 5.56 Å². The van der Waals surface area contributed by atoms with Crippen molar-refractivity contribution >= 4 is 23.2 Å². The second kappa shape index (κ2) is 7.57. The number of hydrogen-bond donors (Lipinski definition) is 2. The van der Waals surface area contributed by atoms with Gasteiger partial charge in [-0.15, -0.1) is 0 Å². The Balaban J connectivity index is 1.99. The van der Waals surface area contributed by atoms with E-state index in [9.17, 15) is 9.18 Å². The highest BCUT2D eigenvalue weighted by molar-refractivity contribution is 6.31. The number of aryl methyl sites for hydroxylation is 1. The summed E-state index contributed by atoms with van der Waals surface area (Å²) in [5, 5.41) is 6.55. The maximum absolute atomic E-state index is 13.5. The SMILES string of the molecule is Cc1ccc(NC(=O)C(C)NC(C)c2ccccc2Cl)cc1F. The number of amides is 1. The van der Waals surface area contributed by atoms with Crippen LogP contribution >= 0.6 is 11.6 Å². The molecule has 2 rings (SSSR count). The Hall–Kier alpha value is -1.91. The molecule has 0 bridgehead atoms. The molecular formula is C18H20ClFN2O. The number of hydrogen-bond acceptors (Lipinski definition) is 2. The Bertz CT molecular complexity index is 705. The third-order valence-corrected chi connectivity index (χ3v) is 4.05. The first-order valence-electron chi connectivity index (χ1n) is 7.46. The molecule has 122 valence electrons. The van der Waals surface area contributed by atoms with E-state index in [2.05, 4.69) is 10.6 Å². The van der Waals surface area contributed by atoms with Crippen LogP contribution in [0.3, 0.4) is 0 Å². The maximum atomic E-state index is 13.5. The number of carbonyl (C=O) groups excluding carboxylic acids is 1. The molecular weight excluding hydrogens is 315 g/mol. The summed E-state index contributed by atoms with van der Waals surface area (Å²) >= 11 is 6.16. The molecule has 0 aliphatic heterocycles. The summed E-state index contributed by atoms with van der Waals surface area (Å²) in [5.41, 5.74) is 1.91. The molecule has 0 heterocycles. The molecule has 2 atom stereocenters. The molecule has 2 N–H and O–H groups in total. The Morgan fingerprint density at radius 2 is 1.87 bits per heavy atom. The number of nitrogens with one attached hydrogen (secondary N) is 2. The zero-order valence-corrected chi connectivity index (χ0v) is 14.1. The molecule has 23 heavy (non-hydrogen) atoms. The normalized spacial score (nSPS) is 13.4. The molecule has 0 spiro atoms. The smallest absolute Gasteiger partial charge is 0.241 e. The molecule has 0 fully saturated rings. The van der Waals surface area contributed by atoms with Crippen molar-refractivity contribution < 1.29 is 9.18 Å². The van der Waals surface area contributed by atoms with Crippen molar-refractivity contribution in [3.05, 3.63) is 64.4 Å². The zero-order chi connectivity index (χ0) is 17.0. The molecule has 1 amide bonds. The predicted octanol–water partition coefficient (Wildman–Crippen LogP) is 4.47. The summed E-state index contributed by atoms with van der Waals surface area (Å²) in [6.45, 7) is 5.38. The minimum absolute atomic E-state index is 0.0841. The first kappa shape index (κ1) is 17.4. The van der Waals surface area contributed by atoms with Gasteiger partial charge >= 0.3 is 0 Å². The highest BCUT2D eigenvalue weighted by Crippen LogP contribution is 2.22. The van der Waals surface area contributed by atoms with Crippen LogP contribution < -0.4 is 10.6 Å². The van der Waals surface area contributed by atoms with Gasteiger partial charge in [-0.3, -0.25) is 10.1 Å². The summed E-state index contributed by atoms with van der Waals surface area (Å²) in [7, 11) is 0. The molecule has 0 radical (unpaired) electrons. The van der Waals surface area contributed by atoms with E-state index >= 15 is 0 Å². The van der Waals surface area contributed by atoms with E-state index in [0.29, 0.717) is 16.3 Å². The molecule has 5 heteroatoms. The van der Waals surface area contributed by atoms with E-state index in [-0.39, 0.29) is 17.8 Å².